The van der Waals surface area contributed by atoms with Gasteiger partial charge in [-0.25, -0.2) is 4.98 Å². The summed E-state index contributed by atoms with van der Waals surface area (Å²) in [5, 5.41) is 9.33. The van der Waals surface area contributed by atoms with E-state index in [1.54, 1.807) is 12.1 Å². The number of aromatic nitrogens is 2. The largest absolute Gasteiger partial charge is 0.490 e. The van der Waals surface area contributed by atoms with Gasteiger partial charge in [0.05, 0.1) is 16.7 Å². The van der Waals surface area contributed by atoms with Crippen molar-refractivity contribution in [3.05, 3.63) is 46.5 Å². The van der Waals surface area contributed by atoms with Crippen LogP contribution in [0.1, 0.15) is 48.7 Å². The molecule has 2 aromatic rings. The number of nitrogens with zero attached hydrogens (tertiary/aromatic N) is 2. The summed E-state index contributed by atoms with van der Waals surface area (Å²) in [6.07, 6.45) is 6.37. The summed E-state index contributed by atoms with van der Waals surface area (Å²) in [6, 6.07) is 7.30. The first-order chi connectivity index (χ1) is 10.7. The fraction of sp³-hybridized carbons (Fsp3) is 0.412. The second kappa shape index (κ2) is 6.41. The molecule has 1 aromatic heterocycles. The minimum Gasteiger partial charge on any atom is -0.490 e. The molecule has 3 rings (SSSR count). The number of nitriles is 1. The van der Waals surface area contributed by atoms with Gasteiger partial charge in [0.25, 0.3) is 0 Å². The highest BCUT2D eigenvalue weighted by molar-refractivity contribution is 6.31. The molecule has 0 aliphatic heterocycles. The Hall–Kier alpha value is -1.99. The third kappa shape index (κ3) is 3.26. The summed E-state index contributed by atoms with van der Waals surface area (Å²) < 4.78 is 6.01. The van der Waals surface area contributed by atoms with E-state index in [0.29, 0.717) is 16.5 Å². The molecule has 0 unspecified atom stereocenters. The van der Waals surface area contributed by atoms with Crippen LogP contribution in [0.3, 0.4) is 0 Å². The zero-order chi connectivity index (χ0) is 15.5. The molecule has 1 aliphatic carbocycles. The molecule has 114 valence electrons. The summed E-state index contributed by atoms with van der Waals surface area (Å²) in [7, 11) is 0. The van der Waals surface area contributed by atoms with Crippen LogP contribution in [-0.2, 0) is 0 Å². The van der Waals surface area contributed by atoms with Gasteiger partial charge in [-0.3, -0.25) is 0 Å². The van der Waals surface area contributed by atoms with Crippen molar-refractivity contribution in [3.8, 4) is 11.8 Å². The second-order valence-electron chi connectivity index (χ2n) is 5.77. The molecule has 1 aromatic carbocycles. The standard InChI is InChI=1S/C17H18ClN3O/c1-11-20-10-17(21-11)12-2-5-14(6-3-12)22-15-7-4-13(9-19)16(18)8-15/h4,7-8,10,12,14H,2-3,5-6H2,1H3,(H,20,21)/t12-,14-. The van der Waals surface area contributed by atoms with Crippen molar-refractivity contribution in [2.75, 3.05) is 0 Å². The molecular formula is C17H18ClN3O. The molecule has 1 aliphatic rings. The lowest BCUT2D eigenvalue weighted by atomic mass is 9.85. The lowest BCUT2D eigenvalue weighted by molar-refractivity contribution is 0.146. The maximum absolute atomic E-state index is 8.89. The molecule has 22 heavy (non-hydrogen) atoms. The van der Waals surface area contributed by atoms with Crippen LogP contribution in [0, 0.1) is 18.3 Å². The van der Waals surface area contributed by atoms with Gasteiger partial charge in [0.15, 0.2) is 0 Å². The monoisotopic (exact) mass is 315 g/mol. The predicted molar refractivity (Wildman–Crippen MR) is 85.1 cm³/mol. The number of H-pyrrole nitrogens is 1. The van der Waals surface area contributed by atoms with Gasteiger partial charge in [-0.2, -0.15) is 5.26 Å². The number of nitrogens with one attached hydrogen (secondary N) is 1. The molecule has 0 radical (unpaired) electrons. The Bertz CT molecular complexity index is 696. The van der Waals surface area contributed by atoms with E-state index in [0.717, 1.165) is 37.3 Å². The van der Waals surface area contributed by atoms with E-state index in [4.69, 9.17) is 21.6 Å². The number of aromatic amines is 1. The van der Waals surface area contributed by atoms with Crippen molar-refractivity contribution >= 4 is 11.6 Å². The molecule has 1 N–H and O–H groups in total. The highest BCUT2D eigenvalue weighted by Gasteiger charge is 2.24. The minimum atomic E-state index is 0.212. The molecule has 4 nitrogen and oxygen atoms in total. The first kappa shape index (κ1) is 14.9. The van der Waals surface area contributed by atoms with Gasteiger partial charge < -0.3 is 9.72 Å². The first-order valence-corrected chi connectivity index (χ1v) is 7.91. The molecule has 0 bridgehead atoms. The van der Waals surface area contributed by atoms with Gasteiger partial charge in [0.2, 0.25) is 0 Å². The highest BCUT2D eigenvalue weighted by atomic mass is 35.5. The fourth-order valence-electron chi connectivity index (χ4n) is 2.99. The summed E-state index contributed by atoms with van der Waals surface area (Å²) >= 11 is 6.04. The van der Waals surface area contributed by atoms with Gasteiger partial charge in [0.1, 0.15) is 17.6 Å². The normalized spacial score (nSPS) is 21.3. The van der Waals surface area contributed by atoms with Crippen molar-refractivity contribution in [2.45, 2.75) is 44.6 Å². The topological polar surface area (TPSA) is 61.7 Å². The number of rotatable bonds is 3. The molecule has 0 spiro atoms. The molecule has 1 heterocycles. The van der Waals surface area contributed by atoms with E-state index in [-0.39, 0.29) is 6.10 Å². The predicted octanol–water partition coefficient (Wildman–Crippen LogP) is 4.35. The van der Waals surface area contributed by atoms with Gasteiger partial charge in [-0.05, 0) is 44.7 Å². The van der Waals surface area contributed by atoms with E-state index in [1.165, 1.54) is 5.69 Å². The smallest absolute Gasteiger partial charge is 0.121 e. The number of hydrogen-bond acceptors (Lipinski definition) is 3. The Balaban J connectivity index is 1.58. The van der Waals surface area contributed by atoms with Crippen LogP contribution in [-0.4, -0.2) is 16.1 Å². The molecule has 0 atom stereocenters. The van der Waals surface area contributed by atoms with Crippen molar-refractivity contribution < 1.29 is 4.74 Å². The number of ether oxygens (including phenoxy) is 1. The number of aryl methyl sites for hydroxylation is 1. The van der Waals surface area contributed by atoms with Crippen molar-refractivity contribution in [1.82, 2.24) is 9.97 Å². The number of hydrogen-bond donors (Lipinski definition) is 1. The Kier molecular flexibility index (Phi) is 4.35. The van der Waals surface area contributed by atoms with Crippen LogP contribution >= 0.6 is 11.6 Å². The molecule has 0 amide bonds. The van der Waals surface area contributed by atoms with E-state index in [1.807, 2.05) is 19.2 Å². The molecular weight excluding hydrogens is 298 g/mol. The van der Waals surface area contributed by atoms with Crippen LogP contribution < -0.4 is 4.74 Å². The van der Waals surface area contributed by atoms with Crippen molar-refractivity contribution in [1.29, 1.82) is 5.26 Å². The maximum atomic E-state index is 8.89. The van der Waals surface area contributed by atoms with Crippen LogP contribution in [0.5, 0.6) is 5.75 Å². The van der Waals surface area contributed by atoms with Crippen LogP contribution in [0.4, 0.5) is 0 Å². The third-order valence-corrected chi connectivity index (χ3v) is 4.51. The molecule has 0 saturated heterocycles. The van der Waals surface area contributed by atoms with Crippen LogP contribution in [0.25, 0.3) is 0 Å². The van der Waals surface area contributed by atoms with Gasteiger partial charge in [-0.1, -0.05) is 11.6 Å². The summed E-state index contributed by atoms with van der Waals surface area (Å²) in [6.45, 7) is 1.98. The average Bonchev–Trinajstić information content (AvgIpc) is 2.95. The third-order valence-electron chi connectivity index (χ3n) is 4.20. The second-order valence-corrected chi connectivity index (χ2v) is 6.18. The SMILES string of the molecule is Cc1ncc([C@H]2CC[C@H](Oc3ccc(C#N)c(Cl)c3)CC2)[nH]1. The average molecular weight is 316 g/mol. The first-order valence-electron chi connectivity index (χ1n) is 7.53. The zero-order valence-corrected chi connectivity index (χ0v) is 13.2. The number of imidazole rings is 1. The van der Waals surface area contributed by atoms with Crippen LogP contribution in [0.15, 0.2) is 24.4 Å². The van der Waals surface area contributed by atoms with E-state index in [9.17, 15) is 0 Å². The van der Waals surface area contributed by atoms with Crippen LogP contribution in [0.2, 0.25) is 5.02 Å². The van der Waals surface area contributed by atoms with Gasteiger partial charge in [-0.15, -0.1) is 0 Å². The van der Waals surface area contributed by atoms with E-state index >= 15 is 0 Å². The fourth-order valence-corrected chi connectivity index (χ4v) is 3.20. The maximum Gasteiger partial charge on any atom is 0.121 e. The summed E-state index contributed by atoms with van der Waals surface area (Å²) in [5.74, 6) is 2.26. The van der Waals surface area contributed by atoms with Gasteiger partial charge >= 0.3 is 0 Å². The molecule has 1 fully saturated rings. The summed E-state index contributed by atoms with van der Waals surface area (Å²) in [5.41, 5.74) is 1.71. The number of halogens is 1. The Labute approximate surface area is 135 Å². The number of benzene rings is 1. The Morgan fingerprint density at radius 3 is 2.68 bits per heavy atom. The quantitative estimate of drug-likeness (QED) is 0.916. The molecule has 1 saturated carbocycles. The Morgan fingerprint density at radius 2 is 2.09 bits per heavy atom. The van der Waals surface area contributed by atoms with E-state index in [2.05, 4.69) is 16.0 Å². The molecule has 5 heteroatoms. The zero-order valence-electron chi connectivity index (χ0n) is 12.5. The highest BCUT2D eigenvalue weighted by Crippen LogP contribution is 2.34. The minimum absolute atomic E-state index is 0.212. The van der Waals surface area contributed by atoms with Gasteiger partial charge in [0, 0.05) is 23.9 Å². The lowest BCUT2D eigenvalue weighted by Gasteiger charge is -2.28. The summed E-state index contributed by atoms with van der Waals surface area (Å²) in [4.78, 5) is 7.61. The van der Waals surface area contributed by atoms with E-state index < -0.39 is 0 Å². The van der Waals surface area contributed by atoms with Crippen molar-refractivity contribution in [3.63, 3.8) is 0 Å². The Morgan fingerprint density at radius 1 is 1.32 bits per heavy atom. The lowest BCUT2D eigenvalue weighted by Crippen LogP contribution is -2.23. The van der Waals surface area contributed by atoms with Crippen molar-refractivity contribution in [2.24, 2.45) is 0 Å².